The number of hydrogen-bond donors (Lipinski definition) is 1. The van der Waals surface area contributed by atoms with Gasteiger partial charge in [-0.1, -0.05) is 5.21 Å². The Labute approximate surface area is 154 Å². The van der Waals surface area contributed by atoms with E-state index in [1.54, 1.807) is 32.2 Å². The van der Waals surface area contributed by atoms with E-state index >= 15 is 0 Å². The minimum absolute atomic E-state index is 0.375. The fourth-order valence-electron chi connectivity index (χ4n) is 2.79. The van der Waals surface area contributed by atoms with Crippen molar-refractivity contribution in [1.82, 2.24) is 20.0 Å². The van der Waals surface area contributed by atoms with Gasteiger partial charge in [0.25, 0.3) is 0 Å². The number of rotatable bonds is 5. The Morgan fingerprint density at radius 1 is 1.32 bits per heavy atom. The van der Waals surface area contributed by atoms with Crippen LogP contribution >= 0.6 is 15.9 Å². The summed E-state index contributed by atoms with van der Waals surface area (Å²) in [6, 6.07) is 7.43. The van der Waals surface area contributed by atoms with E-state index < -0.39 is 5.60 Å². The minimum atomic E-state index is -1.05. The van der Waals surface area contributed by atoms with E-state index in [2.05, 4.69) is 31.2 Å². The zero-order valence-corrected chi connectivity index (χ0v) is 15.7. The first-order chi connectivity index (χ1) is 11.9. The summed E-state index contributed by atoms with van der Waals surface area (Å²) in [5.41, 5.74) is 1.32. The van der Waals surface area contributed by atoms with Crippen LogP contribution in [0.2, 0.25) is 0 Å². The van der Waals surface area contributed by atoms with Crippen LogP contribution in [0.4, 0.5) is 0 Å². The molecule has 2 heterocycles. The molecular formula is C18H19BrN4O2. The zero-order valence-electron chi connectivity index (χ0n) is 14.1. The quantitative estimate of drug-likeness (QED) is 0.697. The SMILES string of the molecule is CC(C)(O)c1cccnc1Oc1ccc2c(nnn2CC2CC2)c1Br. The summed E-state index contributed by atoms with van der Waals surface area (Å²) in [4.78, 5) is 4.27. The van der Waals surface area contributed by atoms with Gasteiger partial charge in [0, 0.05) is 18.3 Å². The number of halogens is 1. The Morgan fingerprint density at radius 3 is 2.84 bits per heavy atom. The van der Waals surface area contributed by atoms with E-state index in [1.807, 2.05) is 16.8 Å². The van der Waals surface area contributed by atoms with E-state index in [0.29, 0.717) is 17.2 Å². The van der Waals surface area contributed by atoms with Crippen LogP contribution in [-0.2, 0) is 12.1 Å². The smallest absolute Gasteiger partial charge is 0.225 e. The van der Waals surface area contributed by atoms with Crippen molar-refractivity contribution in [2.75, 3.05) is 0 Å². The lowest BCUT2D eigenvalue weighted by Gasteiger charge is -2.20. The maximum absolute atomic E-state index is 10.3. The van der Waals surface area contributed by atoms with E-state index in [9.17, 15) is 5.11 Å². The molecule has 0 unspecified atom stereocenters. The first kappa shape index (κ1) is 16.5. The average molecular weight is 403 g/mol. The van der Waals surface area contributed by atoms with E-state index in [-0.39, 0.29) is 0 Å². The molecule has 0 atom stereocenters. The van der Waals surface area contributed by atoms with Gasteiger partial charge in [0.15, 0.2) is 0 Å². The molecule has 1 aromatic carbocycles. The average Bonchev–Trinajstić information content (AvgIpc) is 3.29. The summed E-state index contributed by atoms with van der Waals surface area (Å²) < 4.78 is 8.67. The van der Waals surface area contributed by atoms with Crippen molar-refractivity contribution < 1.29 is 9.84 Å². The third-order valence-corrected chi connectivity index (χ3v) is 5.12. The largest absolute Gasteiger partial charge is 0.437 e. The Hall–Kier alpha value is -1.99. The highest BCUT2D eigenvalue weighted by atomic mass is 79.9. The van der Waals surface area contributed by atoms with Crippen molar-refractivity contribution in [3.63, 3.8) is 0 Å². The second-order valence-electron chi connectivity index (χ2n) is 6.98. The van der Waals surface area contributed by atoms with Gasteiger partial charge in [-0.2, -0.15) is 0 Å². The number of aromatic nitrogens is 4. The van der Waals surface area contributed by atoms with Crippen molar-refractivity contribution >= 4 is 27.0 Å². The lowest BCUT2D eigenvalue weighted by Crippen LogP contribution is -2.17. The highest BCUT2D eigenvalue weighted by molar-refractivity contribution is 9.10. The summed E-state index contributed by atoms with van der Waals surface area (Å²) in [6.07, 6.45) is 4.18. The Balaban J connectivity index is 1.70. The lowest BCUT2D eigenvalue weighted by molar-refractivity contribution is 0.0756. The number of fused-ring (bicyclic) bond motifs is 1. The zero-order chi connectivity index (χ0) is 17.6. The van der Waals surface area contributed by atoms with Crippen LogP contribution in [0.5, 0.6) is 11.6 Å². The third-order valence-electron chi connectivity index (χ3n) is 4.36. The molecule has 130 valence electrons. The molecule has 0 bridgehead atoms. The molecule has 25 heavy (non-hydrogen) atoms. The molecule has 0 amide bonds. The molecule has 7 heteroatoms. The maximum atomic E-state index is 10.3. The second-order valence-corrected chi connectivity index (χ2v) is 7.77. The minimum Gasteiger partial charge on any atom is -0.437 e. The Kier molecular flexibility index (Phi) is 4.00. The molecule has 3 aromatic rings. The number of hydrogen-bond acceptors (Lipinski definition) is 5. The van der Waals surface area contributed by atoms with Gasteiger partial charge in [-0.25, -0.2) is 9.67 Å². The van der Waals surface area contributed by atoms with Crippen LogP contribution in [0.15, 0.2) is 34.9 Å². The molecule has 0 spiro atoms. The molecule has 0 aliphatic heterocycles. The standard InChI is InChI=1S/C18H19BrN4O2/c1-18(2,24)12-4-3-9-20-17(12)25-14-8-7-13-16(15(14)19)21-22-23(13)10-11-5-6-11/h3-4,7-9,11,24H,5-6,10H2,1-2H3. The molecule has 1 aliphatic rings. The van der Waals surface area contributed by atoms with Crippen molar-refractivity contribution in [3.05, 3.63) is 40.5 Å². The van der Waals surface area contributed by atoms with Gasteiger partial charge in [-0.3, -0.25) is 0 Å². The lowest BCUT2D eigenvalue weighted by atomic mass is 10.00. The Bertz CT molecular complexity index is 928. The molecule has 1 fully saturated rings. The fraction of sp³-hybridized carbons (Fsp3) is 0.389. The number of benzene rings is 1. The van der Waals surface area contributed by atoms with Gasteiger partial charge in [-0.05, 0) is 72.8 Å². The summed E-state index contributed by atoms with van der Waals surface area (Å²) in [6.45, 7) is 4.32. The number of nitrogens with zero attached hydrogens (tertiary/aromatic N) is 4. The van der Waals surface area contributed by atoms with Crippen LogP contribution < -0.4 is 4.74 Å². The molecular weight excluding hydrogens is 384 g/mol. The van der Waals surface area contributed by atoms with E-state index in [0.717, 1.165) is 28.0 Å². The van der Waals surface area contributed by atoms with Crippen LogP contribution in [0, 0.1) is 5.92 Å². The predicted molar refractivity (Wildman–Crippen MR) is 97.5 cm³/mol. The number of pyridine rings is 1. The van der Waals surface area contributed by atoms with Gasteiger partial charge in [-0.15, -0.1) is 5.10 Å². The third kappa shape index (κ3) is 3.26. The first-order valence-corrected chi connectivity index (χ1v) is 9.10. The molecule has 6 nitrogen and oxygen atoms in total. The van der Waals surface area contributed by atoms with Crippen LogP contribution in [0.1, 0.15) is 32.3 Å². The normalized spacial score (nSPS) is 14.9. The molecule has 1 aliphatic carbocycles. The Morgan fingerprint density at radius 2 is 2.12 bits per heavy atom. The van der Waals surface area contributed by atoms with Gasteiger partial charge in [0.05, 0.1) is 15.6 Å². The van der Waals surface area contributed by atoms with E-state index in [1.165, 1.54) is 12.8 Å². The molecule has 1 N–H and O–H groups in total. The number of ether oxygens (including phenoxy) is 1. The van der Waals surface area contributed by atoms with Crippen LogP contribution in [0.3, 0.4) is 0 Å². The van der Waals surface area contributed by atoms with Crippen molar-refractivity contribution in [2.24, 2.45) is 5.92 Å². The van der Waals surface area contributed by atoms with Gasteiger partial charge >= 0.3 is 0 Å². The van der Waals surface area contributed by atoms with Gasteiger partial charge in [0.1, 0.15) is 11.3 Å². The highest BCUT2D eigenvalue weighted by Gasteiger charge is 2.25. The van der Waals surface area contributed by atoms with Crippen molar-refractivity contribution in [2.45, 2.75) is 38.8 Å². The second kappa shape index (κ2) is 6.07. The maximum Gasteiger partial charge on any atom is 0.225 e. The molecule has 0 radical (unpaired) electrons. The van der Waals surface area contributed by atoms with E-state index in [4.69, 9.17) is 4.74 Å². The molecule has 1 saturated carbocycles. The fourth-order valence-corrected chi connectivity index (χ4v) is 3.28. The van der Waals surface area contributed by atoms with Crippen LogP contribution in [-0.4, -0.2) is 25.1 Å². The summed E-state index contributed by atoms with van der Waals surface area (Å²) in [7, 11) is 0. The van der Waals surface area contributed by atoms with Crippen molar-refractivity contribution in [3.8, 4) is 11.6 Å². The molecule has 4 rings (SSSR count). The number of aliphatic hydroxyl groups is 1. The highest BCUT2D eigenvalue weighted by Crippen LogP contribution is 2.38. The van der Waals surface area contributed by atoms with Gasteiger partial charge < -0.3 is 9.84 Å². The summed E-state index contributed by atoms with van der Waals surface area (Å²) in [5.74, 6) is 1.69. The van der Waals surface area contributed by atoms with Crippen LogP contribution in [0.25, 0.3) is 11.0 Å². The summed E-state index contributed by atoms with van der Waals surface area (Å²) in [5, 5.41) is 18.9. The molecule has 0 saturated heterocycles. The topological polar surface area (TPSA) is 73.1 Å². The monoisotopic (exact) mass is 402 g/mol. The molecule has 2 aromatic heterocycles. The van der Waals surface area contributed by atoms with Gasteiger partial charge in [0.2, 0.25) is 5.88 Å². The summed E-state index contributed by atoms with van der Waals surface area (Å²) >= 11 is 3.58. The first-order valence-electron chi connectivity index (χ1n) is 8.31. The van der Waals surface area contributed by atoms with Crippen molar-refractivity contribution in [1.29, 1.82) is 0 Å². The predicted octanol–water partition coefficient (Wildman–Crippen LogP) is 4.02.